The van der Waals surface area contributed by atoms with Crippen LogP contribution in [0.5, 0.6) is 0 Å². The molecule has 1 aliphatic rings. The Hall–Kier alpha value is -0.160. The summed E-state index contributed by atoms with van der Waals surface area (Å²) in [4.78, 5) is 5.00. The zero-order valence-electron chi connectivity index (χ0n) is 11.0. The molecule has 0 bridgehead atoms. The maximum atomic E-state index is 5.88. The van der Waals surface area contributed by atoms with Gasteiger partial charge in [-0.25, -0.2) is 0 Å². The Morgan fingerprint density at radius 2 is 1.88 bits per heavy atom. The molecule has 1 atom stereocenters. The molecule has 0 aromatic heterocycles. The SMILES string of the molecule is CCCN1CCN(C(C)(CN)COC)CC1. The van der Waals surface area contributed by atoms with E-state index in [1.54, 1.807) is 7.11 Å². The molecule has 0 radical (unpaired) electrons. The van der Waals surface area contributed by atoms with Gasteiger partial charge in [-0.1, -0.05) is 6.92 Å². The molecule has 0 aromatic rings. The van der Waals surface area contributed by atoms with Gasteiger partial charge >= 0.3 is 0 Å². The minimum atomic E-state index is 0.00700. The summed E-state index contributed by atoms with van der Waals surface area (Å²) in [6.07, 6.45) is 1.24. The van der Waals surface area contributed by atoms with Crippen LogP contribution < -0.4 is 5.73 Å². The van der Waals surface area contributed by atoms with Gasteiger partial charge in [-0.15, -0.1) is 0 Å². The average molecular weight is 229 g/mol. The van der Waals surface area contributed by atoms with Gasteiger partial charge in [0, 0.05) is 39.8 Å². The van der Waals surface area contributed by atoms with Gasteiger partial charge in [-0.05, 0) is 19.9 Å². The van der Waals surface area contributed by atoms with E-state index >= 15 is 0 Å². The predicted molar refractivity (Wildman–Crippen MR) is 67.6 cm³/mol. The second-order valence-corrected chi connectivity index (χ2v) is 4.96. The number of nitrogens with zero attached hydrogens (tertiary/aromatic N) is 2. The van der Waals surface area contributed by atoms with E-state index in [9.17, 15) is 0 Å². The third-order valence-corrected chi connectivity index (χ3v) is 3.57. The number of hydrogen-bond acceptors (Lipinski definition) is 4. The Morgan fingerprint density at radius 1 is 1.25 bits per heavy atom. The van der Waals surface area contributed by atoms with Crippen molar-refractivity contribution in [3.05, 3.63) is 0 Å². The van der Waals surface area contributed by atoms with Crippen LogP contribution in [0.4, 0.5) is 0 Å². The van der Waals surface area contributed by atoms with Crippen LogP contribution in [0, 0.1) is 0 Å². The molecule has 1 rings (SSSR count). The fraction of sp³-hybridized carbons (Fsp3) is 1.00. The van der Waals surface area contributed by atoms with Crippen molar-refractivity contribution in [3.8, 4) is 0 Å². The molecule has 96 valence electrons. The summed E-state index contributed by atoms with van der Waals surface area (Å²) in [6.45, 7) is 11.6. The minimum absolute atomic E-state index is 0.00700. The van der Waals surface area contributed by atoms with Crippen molar-refractivity contribution in [2.45, 2.75) is 25.8 Å². The molecule has 0 aromatic carbocycles. The molecular formula is C12H27N3O. The molecule has 16 heavy (non-hydrogen) atoms. The lowest BCUT2D eigenvalue weighted by molar-refractivity contribution is -0.00307. The zero-order chi connectivity index (χ0) is 12.0. The molecule has 4 heteroatoms. The maximum absolute atomic E-state index is 5.88. The van der Waals surface area contributed by atoms with Crippen molar-refractivity contribution in [1.82, 2.24) is 9.80 Å². The lowest BCUT2D eigenvalue weighted by atomic mass is 10.00. The number of methoxy groups -OCH3 is 1. The van der Waals surface area contributed by atoms with Crippen molar-refractivity contribution in [2.24, 2.45) is 5.73 Å². The molecule has 0 amide bonds. The van der Waals surface area contributed by atoms with Crippen molar-refractivity contribution in [3.63, 3.8) is 0 Å². The van der Waals surface area contributed by atoms with E-state index in [0.29, 0.717) is 6.54 Å². The van der Waals surface area contributed by atoms with Gasteiger partial charge in [0.15, 0.2) is 0 Å². The Labute approximate surface area is 99.7 Å². The topological polar surface area (TPSA) is 41.7 Å². The Morgan fingerprint density at radius 3 is 2.31 bits per heavy atom. The molecule has 1 unspecified atom stereocenters. The first-order valence-corrected chi connectivity index (χ1v) is 6.32. The molecule has 2 N–H and O–H groups in total. The fourth-order valence-corrected chi connectivity index (χ4v) is 2.42. The summed E-state index contributed by atoms with van der Waals surface area (Å²) >= 11 is 0. The molecular weight excluding hydrogens is 202 g/mol. The highest BCUT2D eigenvalue weighted by Gasteiger charge is 2.32. The summed E-state index contributed by atoms with van der Waals surface area (Å²) in [7, 11) is 1.75. The van der Waals surface area contributed by atoms with Crippen molar-refractivity contribution >= 4 is 0 Å². The van der Waals surface area contributed by atoms with Gasteiger partial charge in [0.05, 0.1) is 12.1 Å². The lowest BCUT2D eigenvalue weighted by Gasteiger charge is -2.45. The van der Waals surface area contributed by atoms with Crippen LogP contribution in [0.2, 0.25) is 0 Å². The summed E-state index contributed by atoms with van der Waals surface area (Å²) < 4.78 is 5.29. The van der Waals surface area contributed by atoms with Crippen LogP contribution in [-0.2, 0) is 4.74 Å². The van der Waals surface area contributed by atoms with E-state index in [0.717, 1.165) is 32.8 Å². The zero-order valence-corrected chi connectivity index (χ0v) is 11.0. The van der Waals surface area contributed by atoms with Crippen LogP contribution >= 0.6 is 0 Å². The molecule has 1 saturated heterocycles. The van der Waals surface area contributed by atoms with Crippen LogP contribution in [0.1, 0.15) is 20.3 Å². The number of piperazine rings is 1. The third kappa shape index (κ3) is 3.42. The quantitative estimate of drug-likeness (QED) is 0.715. The van der Waals surface area contributed by atoms with Gasteiger partial charge in [-0.3, -0.25) is 4.90 Å². The van der Waals surface area contributed by atoms with Crippen molar-refractivity contribution < 1.29 is 4.74 Å². The summed E-state index contributed by atoms with van der Waals surface area (Å²) in [5.74, 6) is 0. The summed E-state index contributed by atoms with van der Waals surface area (Å²) in [5, 5.41) is 0. The number of ether oxygens (including phenoxy) is 1. The maximum Gasteiger partial charge on any atom is 0.0656 e. The molecule has 0 saturated carbocycles. The second-order valence-electron chi connectivity index (χ2n) is 4.96. The highest BCUT2D eigenvalue weighted by molar-refractivity contribution is 4.90. The van der Waals surface area contributed by atoms with E-state index < -0.39 is 0 Å². The molecule has 0 aliphatic carbocycles. The average Bonchev–Trinajstić information content (AvgIpc) is 2.30. The van der Waals surface area contributed by atoms with Crippen LogP contribution in [0.15, 0.2) is 0 Å². The highest BCUT2D eigenvalue weighted by atomic mass is 16.5. The summed E-state index contributed by atoms with van der Waals surface area (Å²) in [6, 6.07) is 0. The van der Waals surface area contributed by atoms with E-state index in [2.05, 4.69) is 23.6 Å². The summed E-state index contributed by atoms with van der Waals surface area (Å²) in [5.41, 5.74) is 5.89. The van der Waals surface area contributed by atoms with Gasteiger partial charge < -0.3 is 15.4 Å². The van der Waals surface area contributed by atoms with Gasteiger partial charge in [-0.2, -0.15) is 0 Å². The fourth-order valence-electron chi connectivity index (χ4n) is 2.42. The Bertz CT molecular complexity index is 193. The van der Waals surface area contributed by atoms with Crippen LogP contribution in [0.25, 0.3) is 0 Å². The largest absolute Gasteiger partial charge is 0.383 e. The second kappa shape index (κ2) is 6.55. The first-order chi connectivity index (χ1) is 7.66. The normalized spacial score (nSPS) is 23.2. The van der Waals surface area contributed by atoms with E-state index in [4.69, 9.17) is 10.5 Å². The van der Waals surface area contributed by atoms with Crippen LogP contribution in [-0.4, -0.2) is 68.3 Å². The molecule has 1 fully saturated rings. The minimum Gasteiger partial charge on any atom is -0.383 e. The number of nitrogens with two attached hydrogens (primary N) is 1. The smallest absolute Gasteiger partial charge is 0.0656 e. The third-order valence-electron chi connectivity index (χ3n) is 3.57. The first kappa shape index (κ1) is 13.9. The molecule has 4 nitrogen and oxygen atoms in total. The van der Waals surface area contributed by atoms with Gasteiger partial charge in [0.2, 0.25) is 0 Å². The van der Waals surface area contributed by atoms with E-state index in [1.807, 2.05) is 0 Å². The number of hydrogen-bond donors (Lipinski definition) is 1. The molecule has 1 aliphatic heterocycles. The highest BCUT2D eigenvalue weighted by Crippen LogP contribution is 2.17. The number of rotatable bonds is 6. The Balaban J connectivity index is 2.44. The van der Waals surface area contributed by atoms with E-state index in [-0.39, 0.29) is 5.54 Å². The lowest BCUT2D eigenvalue weighted by Crippen LogP contribution is -2.60. The standard InChI is InChI=1S/C12H27N3O/c1-4-5-14-6-8-15(9-7-14)12(2,10-13)11-16-3/h4-11,13H2,1-3H3. The van der Waals surface area contributed by atoms with E-state index in [1.165, 1.54) is 13.0 Å². The molecule has 1 heterocycles. The van der Waals surface area contributed by atoms with Crippen molar-refractivity contribution in [2.75, 3.05) is 53.0 Å². The van der Waals surface area contributed by atoms with Gasteiger partial charge in [0.1, 0.15) is 0 Å². The monoisotopic (exact) mass is 229 g/mol. The molecule has 0 spiro atoms. The van der Waals surface area contributed by atoms with Crippen LogP contribution in [0.3, 0.4) is 0 Å². The first-order valence-electron chi connectivity index (χ1n) is 6.32. The predicted octanol–water partition coefficient (Wildman–Crippen LogP) is 0.378. The van der Waals surface area contributed by atoms with Crippen molar-refractivity contribution in [1.29, 1.82) is 0 Å². The Kier molecular flexibility index (Phi) is 5.69. The van der Waals surface area contributed by atoms with Gasteiger partial charge in [0.25, 0.3) is 0 Å².